The fourth-order valence-corrected chi connectivity index (χ4v) is 3.59. The summed E-state index contributed by atoms with van der Waals surface area (Å²) in [5.74, 6) is 2.33. The molecule has 0 radical (unpaired) electrons. The quantitative estimate of drug-likeness (QED) is 0.783. The van der Waals surface area contributed by atoms with Gasteiger partial charge in [0.15, 0.2) is 0 Å². The number of methoxy groups -OCH3 is 1. The summed E-state index contributed by atoms with van der Waals surface area (Å²) in [4.78, 5) is 13.6. The van der Waals surface area contributed by atoms with E-state index in [0.717, 1.165) is 38.9 Å². The van der Waals surface area contributed by atoms with Crippen molar-refractivity contribution in [1.29, 1.82) is 0 Å². The minimum atomic E-state index is 0.623. The van der Waals surface area contributed by atoms with Crippen LogP contribution < -0.4 is 10.1 Å². The Morgan fingerprint density at radius 2 is 2.17 bits per heavy atom. The molecular weight excluding hydrogens is 320 g/mol. The first kappa shape index (κ1) is 15.0. The van der Waals surface area contributed by atoms with Crippen LogP contribution in [0.4, 0.5) is 5.95 Å². The average molecular weight is 336 g/mol. The molecular formula is C18H16N4OS. The largest absolute Gasteiger partial charge is 0.497 e. The molecule has 0 bridgehead atoms. The third kappa shape index (κ3) is 2.92. The minimum absolute atomic E-state index is 0.623. The summed E-state index contributed by atoms with van der Waals surface area (Å²) < 4.78 is 5.25. The maximum atomic E-state index is 5.25. The topological polar surface area (TPSA) is 59.9 Å². The molecule has 5 nitrogen and oxygen atoms in total. The number of anilines is 1. The zero-order valence-corrected chi connectivity index (χ0v) is 14.0. The van der Waals surface area contributed by atoms with Crippen molar-refractivity contribution in [1.82, 2.24) is 15.0 Å². The van der Waals surface area contributed by atoms with E-state index >= 15 is 0 Å². The van der Waals surface area contributed by atoms with Crippen LogP contribution in [0.2, 0.25) is 0 Å². The molecule has 2 aromatic heterocycles. The first-order valence-corrected chi connectivity index (χ1v) is 8.63. The van der Waals surface area contributed by atoms with Crippen LogP contribution in [0.5, 0.6) is 5.75 Å². The number of benzene rings is 1. The molecule has 6 heteroatoms. The van der Waals surface area contributed by atoms with Crippen LogP contribution in [-0.2, 0) is 12.3 Å². The summed E-state index contributed by atoms with van der Waals surface area (Å²) >= 11 is 1.73. The van der Waals surface area contributed by atoms with E-state index in [9.17, 15) is 0 Å². The van der Waals surface area contributed by atoms with Crippen molar-refractivity contribution in [2.24, 2.45) is 0 Å². The van der Waals surface area contributed by atoms with Crippen LogP contribution in [0.1, 0.15) is 11.1 Å². The summed E-state index contributed by atoms with van der Waals surface area (Å²) in [7, 11) is 1.67. The van der Waals surface area contributed by atoms with Crippen LogP contribution in [-0.4, -0.2) is 22.1 Å². The zero-order valence-electron chi connectivity index (χ0n) is 13.2. The number of nitrogens with one attached hydrogen (secondary N) is 1. The number of ether oxygens (including phenoxy) is 1. The van der Waals surface area contributed by atoms with E-state index in [1.807, 2.05) is 42.7 Å². The van der Waals surface area contributed by atoms with E-state index < -0.39 is 0 Å². The fraction of sp³-hybridized carbons (Fsp3) is 0.167. The third-order valence-corrected chi connectivity index (χ3v) is 4.89. The van der Waals surface area contributed by atoms with Gasteiger partial charge in [0.25, 0.3) is 0 Å². The van der Waals surface area contributed by atoms with Gasteiger partial charge in [0.05, 0.1) is 12.8 Å². The van der Waals surface area contributed by atoms with Crippen LogP contribution >= 0.6 is 11.8 Å². The van der Waals surface area contributed by atoms with Gasteiger partial charge in [0.1, 0.15) is 10.8 Å². The van der Waals surface area contributed by atoms with Gasteiger partial charge in [-0.1, -0.05) is 12.1 Å². The SMILES string of the molecule is COc1cccc(CNc2ncc3c(n2)-c2cccnc2SC3)c1. The number of aromatic nitrogens is 3. The second-order valence-corrected chi connectivity index (χ2v) is 6.38. The molecule has 0 fully saturated rings. The highest BCUT2D eigenvalue weighted by Gasteiger charge is 2.19. The van der Waals surface area contributed by atoms with Gasteiger partial charge in [-0.05, 0) is 29.8 Å². The molecule has 3 heterocycles. The molecule has 24 heavy (non-hydrogen) atoms. The second kappa shape index (κ2) is 6.49. The molecule has 0 saturated carbocycles. The normalized spacial score (nSPS) is 12.2. The van der Waals surface area contributed by atoms with E-state index in [-0.39, 0.29) is 0 Å². The molecule has 0 atom stereocenters. The first-order chi connectivity index (χ1) is 11.8. The van der Waals surface area contributed by atoms with Crippen molar-refractivity contribution in [3.05, 3.63) is 59.9 Å². The van der Waals surface area contributed by atoms with Crippen molar-refractivity contribution in [2.75, 3.05) is 12.4 Å². The van der Waals surface area contributed by atoms with Gasteiger partial charge in [-0.3, -0.25) is 0 Å². The smallest absolute Gasteiger partial charge is 0.223 e. The fourth-order valence-electron chi connectivity index (χ4n) is 2.63. The Hall–Kier alpha value is -2.60. The van der Waals surface area contributed by atoms with E-state index in [4.69, 9.17) is 9.72 Å². The number of pyridine rings is 1. The standard InChI is InChI=1S/C18H16N4OS/c1-23-14-5-2-4-12(8-14)9-20-18-21-10-13-11-24-17-15(16(13)22-18)6-3-7-19-17/h2-8,10H,9,11H2,1H3,(H,20,21,22). The monoisotopic (exact) mass is 336 g/mol. The molecule has 4 rings (SSSR count). The number of rotatable bonds is 4. The van der Waals surface area contributed by atoms with Gasteiger partial charge in [0.2, 0.25) is 5.95 Å². The van der Waals surface area contributed by atoms with Crippen LogP contribution in [0, 0.1) is 0 Å². The van der Waals surface area contributed by atoms with Crippen molar-refractivity contribution < 1.29 is 4.74 Å². The van der Waals surface area contributed by atoms with E-state index in [1.54, 1.807) is 18.9 Å². The zero-order chi connectivity index (χ0) is 16.4. The number of nitrogens with zero attached hydrogens (tertiary/aromatic N) is 3. The molecule has 0 spiro atoms. The second-order valence-electron chi connectivity index (χ2n) is 5.42. The van der Waals surface area contributed by atoms with E-state index in [2.05, 4.69) is 21.4 Å². The predicted octanol–water partition coefficient (Wildman–Crippen LogP) is 3.77. The number of thioether (sulfide) groups is 1. The van der Waals surface area contributed by atoms with Crippen molar-refractivity contribution in [2.45, 2.75) is 17.3 Å². The van der Waals surface area contributed by atoms with Crippen molar-refractivity contribution in [3.63, 3.8) is 0 Å². The molecule has 0 aliphatic carbocycles. The Bertz CT molecular complexity index is 884. The Balaban J connectivity index is 1.58. The molecule has 120 valence electrons. The van der Waals surface area contributed by atoms with Crippen LogP contribution in [0.15, 0.2) is 53.8 Å². The lowest BCUT2D eigenvalue weighted by molar-refractivity contribution is 0.414. The Labute approximate surface area is 144 Å². The predicted molar refractivity (Wildman–Crippen MR) is 95.1 cm³/mol. The van der Waals surface area contributed by atoms with Gasteiger partial charge in [-0.2, -0.15) is 0 Å². The van der Waals surface area contributed by atoms with E-state index in [0.29, 0.717) is 12.5 Å². The van der Waals surface area contributed by atoms with Gasteiger partial charge < -0.3 is 10.1 Å². The number of fused-ring (bicyclic) bond motifs is 3. The maximum absolute atomic E-state index is 5.25. The van der Waals surface area contributed by atoms with Crippen LogP contribution in [0.3, 0.4) is 0 Å². The number of hydrogen-bond acceptors (Lipinski definition) is 6. The summed E-state index contributed by atoms with van der Waals surface area (Å²) in [5.41, 5.74) is 4.32. The van der Waals surface area contributed by atoms with Gasteiger partial charge in [-0.15, -0.1) is 11.8 Å². The van der Waals surface area contributed by atoms with Crippen molar-refractivity contribution >= 4 is 17.7 Å². The van der Waals surface area contributed by atoms with Crippen molar-refractivity contribution in [3.8, 4) is 17.0 Å². The highest BCUT2D eigenvalue weighted by molar-refractivity contribution is 7.98. The van der Waals surface area contributed by atoms with Gasteiger partial charge in [-0.25, -0.2) is 15.0 Å². The maximum Gasteiger partial charge on any atom is 0.223 e. The summed E-state index contributed by atoms with van der Waals surface area (Å²) in [6, 6.07) is 12.0. The lowest BCUT2D eigenvalue weighted by atomic mass is 10.1. The highest BCUT2D eigenvalue weighted by Crippen LogP contribution is 2.38. The third-order valence-electron chi connectivity index (χ3n) is 3.84. The molecule has 1 N–H and O–H groups in total. The van der Waals surface area contributed by atoms with Gasteiger partial charge >= 0.3 is 0 Å². The first-order valence-electron chi connectivity index (χ1n) is 7.64. The van der Waals surface area contributed by atoms with E-state index in [1.165, 1.54) is 0 Å². The van der Waals surface area contributed by atoms with Crippen LogP contribution in [0.25, 0.3) is 11.3 Å². The lowest BCUT2D eigenvalue weighted by Gasteiger charge is -2.17. The highest BCUT2D eigenvalue weighted by atomic mass is 32.2. The Morgan fingerprint density at radius 1 is 1.21 bits per heavy atom. The summed E-state index contributed by atoms with van der Waals surface area (Å²) in [6.07, 6.45) is 3.72. The molecule has 1 aliphatic heterocycles. The van der Waals surface area contributed by atoms with Gasteiger partial charge in [0, 0.05) is 35.8 Å². The Morgan fingerprint density at radius 3 is 3.08 bits per heavy atom. The average Bonchev–Trinajstić information content (AvgIpc) is 2.66. The lowest BCUT2D eigenvalue weighted by Crippen LogP contribution is -2.08. The molecule has 0 saturated heterocycles. The summed E-state index contributed by atoms with van der Waals surface area (Å²) in [5, 5.41) is 4.32. The number of hydrogen-bond donors (Lipinski definition) is 1. The molecule has 1 aliphatic rings. The minimum Gasteiger partial charge on any atom is -0.497 e. The molecule has 1 aromatic carbocycles. The molecule has 3 aromatic rings. The Kier molecular flexibility index (Phi) is 4.04. The summed E-state index contributed by atoms with van der Waals surface area (Å²) in [6.45, 7) is 0.643. The molecule has 0 unspecified atom stereocenters. The molecule has 0 amide bonds.